The highest BCUT2D eigenvalue weighted by Gasteiger charge is 2.18. The predicted molar refractivity (Wildman–Crippen MR) is 94.6 cm³/mol. The monoisotopic (exact) mass is 342 g/mol. The Hall–Kier alpha value is -1.08. The number of hydrogen-bond acceptors (Lipinski definition) is 0. The molecule has 2 aromatic rings. The molecule has 3 rings (SSSR count). The van der Waals surface area contributed by atoms with Gasteiger partial charge in [-0.2, -0.15) is 0 Å². The molecule has 0 N–H and O–H groups in total. The molecule has 1 unspecified atom stereocenters. The first-order chi connectivity index (χ1) is 10.3. The number of fused-ring (bicyclic) bond motifs is 1. The van der Waals surface area contributed by atoms with Crippen LogP contribution in [0.2, 0.25) is 0 Å². The zero-order valence-corrected chi connectivity index (χ0v) is 14.3. The lowest BCUT2D eigenvalue weighted by Gasteiger charge is -2.25. The van der Waals surface area contributed by atoms with Crippen LogP contribution in [0.15, 0.2) is 46.9 Å². The quantitative estimate of drug-likeness (QED) is 0.601. The van der Waals surface area contributed by atoms with E-state index in [9.17, 15) is 0 Å². The van der Waals surface area contributed by atoms with Crippen molar-refractivity contribution in [3.63, 3.8) is 0 Å². The lowest BCUT2D eigenvalue weighted by molar-refractivity contribution is 0.413. The van der Waals surface area contributed by atoms with Crippen LogP contribution in [0.25, 0.3) is 11.1 Å². The molecule has 1 aliphatic carbocycles. The summed E-state index contributed by atoms with van der Waals surface area (Å²) in [5.74, 6) is 0.913. The Morgan fingerprint density at radius 1 is 1.00 bits per heavy atom. The number of rotatable bonds is 4. The lowest BCUT2D eigenvalue weighted by atomic mass is 9.80. The molecule has 0 bridgehead atoms. The molecule has 0 nitrogen and oxygen atoms in total. The Bertz CT molecular complexity index is 598. The van der Waals surface area contributed by atoms with Crippen molar-refractivity contribution >= 4 is 15.9 Å². The molecule has 0 fully saturated rings. The third kappa shape index (κ3) is 3.58. The molecule has 0 heterocycles. The van der Waals surface area contributed by atoms with Gasteiger partial charge in [0.1, 0.15) is 0 Å². The van der Waals surface area contributed by atoms with Crippen LogP contribution in [0.4, 0.5) is 0 Å². The lowest BCUT2D eigenvalue weighted by Crippen LogP contribution is -2.14. The van der Waals surface area contributed by atoms with Gasteiger partial charge in [0.25, 0.3) is 0 Å². The summed E-state index contributed by atoms with van der Waals surface area (Å²) < 4.78 is 1.14. The van der Waals surface area contributed by atoms with E-state index >= 15 is 0 Å². The second-order valence-electron chi connectivity index (χ2n) is 6.24. The number of hydrogen-bond donors (Lipinski definition) is 0. The van der Waals surface area contributed by atoms with Gasteiger partial charge in [0.05, 0.1) is 0 Å². The summed E-state index contributed by atoms with van der Waals surface area (Å²) in [5.41, 5.74) is 5.83. The molecule has 0 saturated heterocycles. The van der Waals surface area contributed by atoms with Crippen LogP contribution >= 0.6 is 15.9 Å². The summed E-state index contributed by atoms with van der Waals surface area (Å²) in [5, 5.41) is 0. The van der Waals surface area contributed by atoms with Crippen LogP contribution in [-0.2, 0) is 12.8 Å². The average molecular weight is 343 g/mol. The smallest absolute Gasteiger partial charge is 0.0175 e. The fraction of sp³-hybridized carbons (Fsp3) is 0.400. The molecule has 21 heavy (non-hydrogen) atoms. The van der Waals surface area contributed by atoms with Gasteiger partial charge in [0.15, 0.2) is 0 Å². The molecule has 0 amide bonds. The van der Waals surface area contributed by atoms with Gasteiger partial charge in [0, 0.05) is 4.47 Å². The van der Waals surface area contributed by atoms with Crippen molar-refractivity contribution in [1.82, 2.24) is 0 Å². The van der Waals surface area contributed by atoms with Crippen LogP contribution in [-0.4, -0.2) is 0 Å². The van der Waals surface area contributed by atoms with E-state index in [1.807, 2.05) is 0 Å². The topological polar surface area (TPSA) is 0 Å². The van der Waals surface area contributed by atoms with Crippen LogP contribution in [0, 0.1) is 5.92 Å². The largest absolute Gasteiger partial charge is 0.0654 e. The van der Waals surface area contributed by atoms with E-state index < -0.39 is 0 Å². The molecule has 110 valence electrons. The highest BCUT2D eigenvalue weighted by molar-refractivity contribution is 9.10. The first kappa shape index (κ1) is 14.8. The Labute approximate surface area is 136 Å². The standard InChI is InChI=1S/C20H23Br/c1-2-3-4-15-5-6-19-14-18(8-7-17(19)13-15)16-9-11-20(21)12-10-16/h7-12,14-15H,2-6,13H2,1H3. The van der Waals surface area contributed by atoms with Gasteiger partial charge < -0.3 is 0 Å². The zero-order valence-electron chi connectivity index (χ0n) is 12.7. The van der Waals surface area contributed by atoms with Crippen molar-refractivity contribution < 1.29 is 0 Å². The summed E-state index contributed by atoms with van der Waals surface area (Å²) in [4.78, 5) is 0. The summed E-state index contributed by atoms with van der Waals surface area (Å²) in [6.45, 7) is 2.29. The molecule has 1 aliphatic rings. The Kier molecular flexibility index (Phi) is 4.80. The maximum Gasteiger partial charge on any atom is 0.0175 e. The molecule has 2 aromatic carbocycles. The van der Waals surface area contributed by atoms with Crippen LogP contribution in [0.5, 0.6) is 0 Å². The SMILES string of the molecule is CCCCC1CCc2cc(-c3ccc(Br)cc3)ccc2C1. The molecule has 0 saturated carbocycles. The molecule has 0 aliphatic heterocycles. The fourth-order valence-electron chi connectivity index (χ4n) is 3.39. The minimum Gasteiger partial charge on any atom is -0.0654 e. The van der Waals surface area contributed by atoms with E-state index in [1.54, 1.807) is 11.1 Å². The van der Waals surface area contributed by atoms with Crippen molar-refractivity contribution in [3.05, 3.63) is 58.1 Å². The molecular weight excluding hydrogens is 320 g/mol. The van der Waals surface area contributed by atoms with Gasteiger partial charge in [-0.15, -0.1) is 0 Å². The third-order valence-corrected chi connectivity index (χ3v) is 5.21. The maximum atomic E-state index is 3.51. The molecule has 0 aromatic heterocycles. The Morgan fingerprint density at radius 2 is 1.76 bits per heavy atom. The normalized spacial score (nSPS) is 17.5. The maximum absolute atomic E-state index is 3.51. The van der Waals surface area contributed by atoms with Gasteiger partial charge in [-0.1, -0.05) is 72.4 Å². The molecule has 0 spiro atoms. The van der Waals surface area contributed by atoms with Crippen molar-refractivity contribution in [2.45, 2.75) is 45.4 Å². The number of unbranched alkanes of at least 4 members (excludes halogenated alkanes) is 1. The number of halogens is 1. The highest BCUT2D eigenvalue weighted by atomic mass is 79.9. The van der Waals surface area contributed by atoms with Gasteiger partial charge in [-0.05, 0) is 59.6 Å². The Morgan fingerprint density at radius 3 is 2.52 bits per heavy atom. The van der Waals surface area contributed by atoms with Crippen molar-refractivity contribution in [2.75, 3.05) is 0 Å². The molecular formula is C20H23Br. The summed E-state index contributed by atoms with van der Waals surface area (Å²) in [6.07, 6.45) is 8.04. The number of benzene rings is 2. The summed E-state index contributed by atoms with van der Waals surface area (Å²) in [7, 11) is 0. The van der Waals surface area contributed by atoms with Gasteiger partial charge in [-0.3, -0.25) is 0 Å². The minimum absolute atomic E-state index is 0.913. The molecule has 1 heteroatoms. The van der Waals surface area contributed by atoms with E-state index in [4.69, 9.17) is 0 Å². The molecule has 1 atom stereocenters. The minimum atomic E-state index is 0.913. The molecule has 0 radical (unpaired) electrons. The fourth-order valence-corrected chi connectivity index (χ4v) is 3.66. The number of aryl methyl sites for hydroxylation is 1. The van der Waals surface area contributed by atoms with Gasteiger partial charge >= 0.3 is 0 Å². The van der Waals surface area contributed by atoms with Crippen LogP contribution < -0.4 is 0 Å². The first-order valence-corrected chi connectivity index (χ1v) is 8.93. The Balaban J connectivity index is 1.78. The van der Waals surface area contributed by atoms with Crippen molar-refractivity contribution in [1.29, 1.82) is 0 Å². The second-order valence-corrected chi connectivity index (χ2v) is 7.16. The van der Waals surface area contributed by atoms with Crippen molar-refractivity contribution in [3.8, 4) is 11.1 Å². The van der Waals surface area contributed by atoms with E-state index in [1.165, 1.54) is 49.7 Å². The van der Waals surface area contributed by atoms with E-state index in [-0.39, 0.29) is 0 Å². The third-order valence-electron chi connectivity index (χ3n) is 4.68. The van der Waals surface area contributed by atoms with Crippen LogP contribution in [0.1, 0.15) is 43.7 Å². The van der Waals surface area contributed by atoms with E-state index in [0.717, 1.165) is 10.4 Å². The first-order valence-electron chi connectivity index (χ1n) is 8.14. The second kappa shape index (κ2) is 6.79. The van der Waals surface area contributed by atoms with Crippen molar-refractivity contribution in [2.24, 2.45) is 5.92 Å². The van der Waals surface area contributed by atoms with E-state index in [0.29, 0.717) is 0 Å². The average Bonchev–Trinajstić information content (AvgIpc) is 2.53. The summed E-state index contributed by atoms with van der Waals surface area (Å²) >= 11 is 3.51. The van der Waals surface area contributed by atoms with Gasteiger partial charge in [0.2, 0.25) is 0 Å². The zero-order chi connectivity index (χ0) is 14.7. The summed E-state index contributed by atoms with van der Waals surface area (Å²) in [6, 6.07) is 15.7. The highest BCUT2D eigenvalue weighted by Crippen LogP contribution is 2.32. The predicted octanol–water partition coefficient (Wildman–Crippen LogP) is 6.41. The van der Waals surface area contributed by atoms with Gasteiger partial charge in [-0.25, -0.2) is 0 Å². The van der Waals surface area contributed by atoms with E-state index in [2.05, 4.69) is 65.3 Å². The van der Waals surface area contributed by atoms with Crippen LogP contribution in [0.3, 0.4) is 0 Å².